The van der Waals surface area contributed by atoms with E-state index < -0.39 is 26.6 Å². The van der Waals surface area contributed by atoms with Crippen LogP contribution in [0, 0.1) is 0 Å². The number of hydrogen-bond acceptors (Lipinski definition) is 6. The van der Waals surface area contributed by atoms with Gasteiger partial charge in [-0.3, -0.25) is 9.36 Å². The van der Waals surface area contributed by atoms with Gasteiger partial charge >= 0.3 is 0 Å². The minimum Gasteiger partial charge on any atom is -0.756 e. The molecule has 0 aliphatic carbocycles. The zero-order chi connectivity index (χ0) is 37.2. The molecule has 8 nitrogen and oxygen atoms in total. The molecule has 0 spiro atoms. The number of aliphatic hydroxyl groups is 1. The molecule has 0 aromatic heterocycles. The first-order valence-corrected chi connectivity index (χ1v) is 21.5. The molecule has 50 heavy (non-hydrogen) atoms. The summed E-state index contributed by atoms with van der Waals surface area (Å²) in [5.74, 6) is -0.220. The molecule has 292 valence electrons. The average molecular weight is 725 g/mol. The lowest BCUT2D eigenvalue weighted by molar-refractivity contribution is -0.870. The molecule has 0 aromatic carbocycles. The second kappa shape index (κ2) is 33.3. The van der Waals surface area contributed by atoms with Crippen LogP contribution in [-0.4, -0.2) is 68.5 Å². The van der Waals surface area contributed by atoms with Crippen LogP contribution in [0.5, 0.6) is 0 Å². The van der Waals surface area contributed by atoms with Crippen LogP contribution in [0.15, 0.2) is 48.6 Å². The first kappa shape index (κ1) is 48.5. The number of rotatable bonds is 35. The number of amides is 1. The summed E-state index contributed by atoms with van der Waals surface area (Å²) in [5.41, 5.74) is 0. The number of unbranched alkanes of at least 4 members (excludes halogenated alkanes) is 16. The summed E-state index contributed by atoms with van der Waals surface area (Å²) in [4.78, 5) is 25.2. The van der Waals surface area contributed by atoms with E-state index in [-0.39, 0.29) is 12.5 Å². The van der Waals surface area contributed by atoms with Crippen molar-refractivity contribution in [1.29, 1.82) is 0 Å². The Morgan fingerprint density at radius 2 is 1.18 bits per heavy atom. The second-order valence-corrected chi connectivity index (χ2v) is 16.0. The summed E-state index contributed by atoms with van der Waals surface area (Å²) >= 11 is 0. The highest BCUT2D eigenvalue weighted by atomic mass is 31.2. The average Bonchev–Trinajstić information content (AvgIpc) is 3.06. The lowest BCUT2D eigenvalue weighted by atomic mass is 10.1. The van der Waals surface area contributed by atoms with E-state index in [1.165, 1.54) is 77.0 Å². The fourth-order valence-corrected chi connectivity index (χ4v) is 5.98. The Labute approximate surface area is 308 Å². The zero-order valence-corrected chi connectivity index (χ0v) is 33.7. The van der Waals surface area contributed by atoms with Gasteiger partial charge < -0.3 is 28.8 Å². The van der Waals surface area contributed by atoms with Crippen LogP contribution in [0.4, 0.5) is 0 Å². The van der Waals surface area contributed by atoms with Crippen molar-refractivity contribution in [3.8, 4) is 0 Å². The van der Waals surface area contributed by atoms with Crippen LogP contribution in [0.25, 0.3) is 0 Å². The van der Waals surface area contributed by atoms with Crippen LogP contribution < -0.4 is 10.2 Å². The van der Waals surface area contributed by atoms with E-state index in [1.807, 2.05) is 27.2 Å². The van der Waals surface area contributed by atoms with E-state index in [4.69, 9.17) is 9.05 Å². The number of aliphatic hydroxyl groups excluding tert-OH is 1. The molecule has 3 atom stereocenters. The molecule has 0 aromatic rings. The predicted molar refractivity (Wildman–Crippen MR) is 210 cm³/mol. The molecule has 0 aliphatic rings. The molecule has 0 rings (SSSR count). The number of nitrogens with one attached hydrogen (secondary N) is 1. The fourth-order valence-electron chi connectivity index (χ4n) is 5.25. The molecule has 0 heterocycles. The summed E-state index contributed by atoms with van der Waals surface area (Å²) in [5, 5.41) is 13.7. The monoisotopic (exact) mass is 725 g/mol. The largest absolute Gasteiger partial charge is 0.756 e. The van der Waals surface area contributed by atoms with Crippen LogP contribution in [0.1, 0.15) is 155 Å². The third-order valence-corrected chi connectivity index (χ3v) is 9.48. The van der Waals surface area contributed by atoms with Gasteiger partial charge in [0.05, 0.1) is 39.9 Å². The summed E-state index contributed by atoms with van der Waals surface area (Å²) in [6, 6.07) is -0.905. The molecular formula is C41H77N2O6P. The van der Waals surface area contributed by atoms with E-state index in [9.17, 15) is 19.4 Å². The maximum Gasteiger partial charge on any atom is 0.268 e. The third-order valence-electron chi connectivity index (χ3n) is 8.51. The van der Waals surface area contributed by atoms with Crippen LogP contribution in [0.2, 0.25) is 0 Å². The number of hydrogen-bond donors (Lipinski definition) is 2. The van der Waals surface area contributed by atoms with Crippen LogP contribution in [-0.2, 0) is 18.4 Å². The van der Waals surface area contributed by atoms with E-state index >= 15 is 0 Å². The van der Waals surface area contributed by atoms with Crippen LogP contribution in [0.3, 0.4) is 0 Å². The summed E-state index contributed by atoms with van der Waals surface area (Å²) in [6.45, 7) is 4.54. The number of allylic oxidation sites excluding steroid dienone is 7. The molecule has 9 heteroatoms. The van der Waals surface area contributed by atoms with Crippen molar-refractivity contribution in [2.45, 2.75) is 167 Å². The maximum absolute atomic E-state index is 12.8. The highest BCUT2D eigenvalue weighted by molar-refractivity contribution is 7.45. The second-order valence-electron chi connectivity index (χ2n) is 14.6. The SMILES string of the molecule is CCCCCC/C=C\C/C=C\CCCCCCCCCC(=O)NC(COP(=O)([O-])OCC[N+](C)(C)C)C(O)/C=C/CC/C=C/CCCCCC. The molecule has 2 N–H and O–H groups in total. The van der Waals surface area contributed by atoms with Gasteiger partial charge in [0.15, 0.2) is 0 Å². The summed E-state index contributed by atoms with van der Waals surface area (Å²) < 4.78 is 23.1. The van der Waals surface area contributed by atoms with E-state index in [1.54, 1.807) is 6.08 Å². The lowest BCUT2D eigenvalue weighted by Crippen LogP contribution is -2.45. The molecule has 0 fully saturated rings. The minimum atomic E-state index is -4.59. The highest BCUT2D eigenvalue weighted by Gasteiger charge is 2.23. The number of quaternary nitrogens is 1. The molecule has 0 saturated carbocycles. The first-order valence-electron chi connectivity index (χ1n) is 20.0. The van der Waals surface area contributed by atoms with Crippen molar-refractivity contribution in [2.75, 3.05) is 40.9 Å². The predicted octanol–water partition coefficient (Wildman–Crippen LogP) is 9.89. The topological polar surface area (TPSA) is 108 Å². The number of nitrogens with zero attached hydrogens (tertiary/aromatic N) is 1. The lowest BCUT2D eigenvalue weighted by Gasteiger charge is -2.29. The highest BCUT2D eigenvalue weighted by Crippen LogP contribution is 2.38. The van der Waals surface area contributed by atoms with Crippen molar-refractivity contribution in [2.24, 2.45) is 0 Å². The van der Waals surface area contributed by atoms with Gasteiger partial charge in [-0.1, -0.05) is 133 Å². The van der Waals surface area contributed by atoms with Gasteiger partial charge in [-0.05, 0) is 64.2 Å². The Hall–Kier alpha value is -1.54. The smallest absolute Gasteiger partial charge is 0.268 e. The Balaban J connectivity index is 4.48. The minimum absolute atomic E-state index is 0.00982. The zero-order valence-electron chi connectivity index (χ0n) is 32.8. The molecule has 0 bridgehead atoms. The van der Waals surface area contributed by atoms with E-state index in [2.05, 4.69) is 55.6 Å². The quantitative estimate of drug-likeness (QED) is 0.0292. The van der Waals surface area contributed by atoms with E-state index in [0.717, 1.165) is 57.8 Å². The summed E-state index contributed by atoms with van der Waals surface area (Å²) in [6.07, 6.45) is 40.1. The number of carbonyl (C=O) groups is 1. The molecule has 1 amide bonds. The third kappa shape index (κ3) is 34.9. The standard InChI is InChI=1S/C41H77N2O6P/c1-6-8-10-12-14-16-18-19-20-21-22-23-24-25-27-29-31-33-35-41(45)42-39(38-49-50(46,47)48-37-36-43(3,4)5)40(44)34-32-30-28-26-17-15-13-11-9-7-2/h16-18,20-21,26,32,34,39-40,44H,6-15,19,22-25,27-31,33,35-38H2,1-5H3,(H-,42,45,46,47)/b18-16-,21-20-,26-17+,34-32+. The van der Waals surface area contributed by atoms with Gasteiger partial charge in [0.25, 0.3) is 7.82 Å². The number of phosphoric ester groups is 1. The molecule has 0 saturated heterocycles. The van der Waals surface area contributed by atoms with Crippen molar-refractivity contribution >= 4 is 13.7 Å². The molecule has 0 aliphatic heterocycles. The Kier molecular flexibility index (Phi) is 32.3. The number of carbonyl (C=O) groups excluding carboxylic acids is 1. The number of phosphoric acid groups is 1. The van der Waals surface area contributed by atoms with Gasteiger partial charge in [-0.25, -0.2) is 0 Å². The first-order chi connectivity index (χ1) is 24.0. The Morgan fingerprint density at radius 1 is 0.700 bits per heavy atom. The van der Waals surface area contributed by atoms with Crippen molar-refractivity contribution in [3.05, 3.63) is 48.6 Å². The normalized spacial score (nSPS) is 15.1. The number of likely N-dealkylation sites (N-methyl/N-ethyl adjacent to an activating group) is 1. The van der Waals surface area contributed by atoms with E-state index in [0.29, 0.717) is 17.4 Å². The van der Waals surface area contributed by atoms with Gasteiger partial charge in [0.1, 0.15) is 13.2 Å². The molecule has 3 unspecified atom stereocenters. The molecular weight excluding hydrogens is 647 g/mol. The Morgan fingerprint density at radius 3 is 1.74 bits per heavy atom. The maximum atomic E-state index is 12.8. The van der Waals surface area contributed by atoms with Gasteiger partial charge in [-0.2, -0.15) is 0 Å². The molecule has 0 radical (unpaired) electrons. The van der Waals surface area contributed by atoms with Crippen molar-refractivity contribution in [3.63, 3.8) is 0 Å². The van der Waals surface area contributed by atoms with Gasteiger partial charge in [0.2, 0.25) is 5.91 Å². The fraction of sp³-hybridized carbons (Fsp3) is 0.780. The van der Waals surface area contributed by atoms with Crippen LogP contribution >= 0.6 is 7.82 Å². The van der Waals surface area contributed by atoms with Crippen molar-refractivity contribution in [1.82, 2.24) is 5.32 Å². The Bertz CT molecular complexity index is 959. The summed E-state index contributed by atoms with van der Waals surface area (Å²) in [7, 11) is 1.23. The van der Waals surface area contributed by atoms with Gasteiger partial charge in [-0.15, -0.1) is 0 Å². The van der Waals surface area contributed by atoms with Gasteiger partial charge in [0, 0.05) is 6.42 Å². The van der Waals surface area contributed by atoms with Crippen molar-refractivity contribution < 1.29 is 32.9 Å².